The van der Waals surface area contributed by atoms with Crippen LogP contribution < -0.4 is 0 Å². The van der Waals surface area contributed by atoms with Crippen LogP contribution in [0.5, 0.6) is 5.75 Å². The zero-order valence-corrected chi connectivity index (χ0v) is 14.7. The number of carboxylic acid groups (broad SMARTS) is 1. The molecule has 2 N–H and O–H groups in total. The number of carboxylic acids is 1. The summed E-state index contributed by atoms with van der Waals surface area (Å²) in [5.41, 5.74) is 2.70. The van der Waals surface area contributed by atoms with Gasteiger partial charge in [0.25, 0.3) is 0 Å². The predicted molar refractivity (Wildman–Crippen MR) is 96.9 cm³/mol. The van der Waals surface area contributed by atoms with Crippen molar-refractivity contribution in [2.24, 2.45) is 5.10 Å². The molecule has 3 rings (SSSR count). The normalized spacial score (nSPS) is 16.3. The maximum Gasteiger partial charge on any atom is 0.303 e. The van der Waals surface area contributed by atoms with Crippen molar-refractivity contribution in [3.05, 3.63) is 65.0 Å². The smallest absolute Gasteiger partial charge is 0.303 e. The van der Waals surface area contributed by atoms with Gasteiger partial charge in [0, 0.05) is 18.4 Å². The largest absolute Gasteiger partial charge is 0.508 e. The Labute approximate surface area is 155 Å². The number of aliphatic carboxylic acids is 1. The van der Waals surface area contributed by atoms with Crippen molar-refractivity contribution in [3.8, 4) is 5.75 Å². The number of carbonyl (C=O) groups excluding carboxylic acids is 1. The van der Waals surface area contributed by atoms with E-state index in [1.165, 1.54) is 17.1 Å². The lowest BCUT2D eigenvalue weighted by Crippen LogP contribution is -2.27. The lowest BCUT2D eigenvalue weighted by molar-refractivity contribution is -0.141. The molecular formula is C20H19FN2O4. The zero-order valence-electron chi connectivity index (χ0n) is 14.7. The fraction of sp³-hybridized carbons (Fsp3) is 0.250. The van der Waals surface area contributed by atoms with Gasteiger partial charge < -0.3 is 10.2 Å². The van der Waals surface area contributed by atoms with Crippen LogP contribution in [0, 0.1) is 12.7 Å². The average Bonchev–Trinajstić information content (AvgIpc) is 3.07. The third-order valence-electron chi connectivity index (χ3n) is 4.44. The molecule has 2 aromatic rings. The number of phenolic OH excluding ortho intramolecular Hbond substituents is 1. The Morgan fingerprint density at radius 3 is 2.56 bits per heavy atom. The van der Waals surface area contributed by atoms with E-state index in [1.54, 1.807) is 30.3 Å². The number of carbonyl (C=O) groups is 2. The second-order valence-corrected chi connectivity index (χ2v) is 6.47. The molecule has 0 saturated heterocycles. The number of phenols is 1. The van der Waals surface area contributed by atoms with Crippen LogP contribution >= 0.6 is 0 Å². The predicted octanol–water partition coefficient (Wildman–Crippen LogP) is 3.38. The summed E-state index contributed by atoms with van der Waals surface area (Å²) in [7, 11) is 0. The highest BCUT2D eigenvalue weighted by Gasteiger charge is 2.34. The van der Waals surface area contributed by atoms with Gasteiger partial charge in [-0.3, -0.25) is 9.59 Å². The van der Waals surface area contributed by atoms with Crippen molar-refractivity contribution < 1.29 is 24.2 Å². The first-order valence-electron chi connectivity index (χ1n) is 8.52. The van der Waals surface area contributed by atoms with Gasteiger partial charge >= 0.3 is 5.97 Å². The molecule has 1 aliphatic heterocycles. The number of aryl methyl sites for hydroxylation is 1. The highest BCUT2D eigenvalue weighted by atomic mass is 19.1. The summed E-state index contributed by atoms with van der Waals surface area (Å²) < 4.78 is 13.2. The van der Waals surface area contributed by atoms with Crippen molar-refractivity contribution >= 4 is 17.6 Å². The molecule has 2 aromatic carbocycles. The Kier molecular flexibility index (Phi) is 5.21. The van der Waals surface area contributed by atoms with Crippen LogP contribution in [0.25, 0.3) is 0 Å². The summed E-state index contributed by atoms with van der Waals surface area (Å²) in [5, 5.41) is 24.7. The number of aromatic hydroxyl groups is 1. The summed E-state index contributed by atoms with van der Waals surface area (Å²) in [6.07, 6.45) is -0.163. The molecule has 1 amide bonds. The van der Waals surface area contributed by atoms with Gasteiger partial charge in [-0.1, -0.05) is 29.8 Å². The highest BCUT2D eigenvalue weighted by molar-refractivity contribution is 6.03. The summed E-state index contributed by atoms with van der Waals surface area (Å²) in [4.78, 5) is 23.4. The monoisotopic (exact) mass is 370 g/mol. The molecule has 7 heteroatoms. The number of benzene rings is 2. The summed E-state index contributed by atoms with van der Waals surface area (Å²) >= 11 is 0. The third-order valence-corrected chi connectivity index (χ3v) is 4.44. The van der Waals surface area contributed by atoms with Crippen LogP contribution in [0.1, 0.15) is 42.0 Å². The average molecular weight is 370 g/mol. The van der Waals surface area contributed by atoms with E-state index in [0.717, 1.165) is 5.56 Å². The Morgan fingerprint density at radius 1 is 1.19 bits per heavy atom. The third kappa shape index (κ3) is 4.13. The summed E-state index contributed by atoms with van der Waals surface area (Å²) in [6, 6.07) is 10.3. The molecular weight excluding hydrogens is 351 g/mol. The van der Waals surface area contributed by atoms with Crippen LogP contribution in [-0.4, -0.2) is 32.8 Å². The summed E-state index contributed by atoms with van der Waals surface area (Å²) in [5.74, 6) is -1.85. The van der Waals surface area contributed by atoms with E-state index in [4.69, 9.17) is 5.11 Å². The van der Waals surface area contributed by atoms with Crippen LogP contribution in [-0.2, 0) is 9.59 Å². The maximum absolute atomic E-state index is 13.2. The molecule has 27 heavy (non-hydrogen) atoms. The van der Waals surface area contributed by atoms with Crippen molar-refractivity contribution in [1.29, 1.82) is 0 Å². The first-order valence-corrected chi connectivity index (χ1v) is 8.52. The molecule has 0 radical (unpaired) electrons. The van der Waals surface area contributed by atoms with E-state index in [9.17, 15) is 19.1 Å². The first kappa shape index (κ1) is 18.6. The molecule has 1 aliphatic rings. The van der Waals surface area contributed by atoms with Crippen molar-refractivity contribution in [2.45, 2.75) is 32.2 Å². The quantitative estimate of drug-likeness (QED) is 0.844. The van der Waals surface area contributed by atoms with Crippen LogP contribution in [0.4, 0.5) is 4.39 Å². The standard InChI is InChI=1S/C20H19FN2O4/c1-12-2-7-18(24)15(10-12)17-11-16(13-3-5-14(21)6-4-13)22-23(17)19(25)8-9-20(26)27/h2-7,10,17,24H,8-9,11H2,1H3,(H,26,27). The Bertz CT molecular complexity index is 909. The van der Waals surface area contributed by atoms with Gasteiger partial charge in [-0.05, 0) is 30.7 Å². The molecule has 1 heterocycles. The first-order chi connectivity index (χ1) is 12.8. The Morgan fingerprint density at radius 2 is 1.89 bits per heavy atom. The lowest BCUT2D eigenvalue weighted by Gasteiger charge is -2.23. The molecule has 0 aromatic heterocycles. The van der Waals surface area contributed by atoms with Gasteiger partial charge in [0.1, 0.15) is 11.6 Å². The van der Waals surface area contributed by atoms with Gasteiger partial charge in [0.2, 0.25) is 5.91 Å². The van der Waals surface area contributed by atoms with Gasteiger partial charge in [-0.25, -0.2) is 9.40 Å². The number of hydrogen-bond donors (Lipinski definition) is 2. The minimum absolute atomic E-state index is 0.0391. The number of rotatable bonds is 5. The maximum atomic E-state index is 13.2. The minimum atomic E-state index is -1.07. The Hall–Kier alpha value is -3.22. The number of hydrogen-bond acceptors (Lipinski definition) is 4. The van der Waals surface area contributed by atoms with Crippen LogP contribution in [0.15, 0.2) is 47.6 Å². The fourth-order valence-corrected chi connectivity index (χ4v) is 3.07. The van der Waals surface area contributed by atoms with E-state index in [1.807, 2.05) is 6.92 Å². The second kappa shape index (κ2) is 7.57. The van der Waals surface area contributed by atoms with Crippen molar-refractivity contribution in [1.82, 2.24) is 5.01 Å². The molecule has 1 unspecified atom stereocenters. The molecule has 0 saturated carbocycles. The van der Waals surface area contributed by atoms with E-state index in [2.05, 4.69) is 5.10 Å². The van der Waals surface area contributed by atoms with E-state index < -0.39 is 17.9 Å². The topological polar surface area (TPSA) is 90.2 Å². The number of halogens is 1. The molecule has 0 bridgehead atoms. The molecule has 0 fully saturated rings. The SMILES string of the molecule is Cc1ccc(O)c(C2CC(c3ccc(F)cc3)=NN2C(=O)CCC(=O)O)c1. The minimum Gasteiger partial charge on any atom is -0.508 e. The van der Waals surface area contributed by atoms with Crippen molar-refractivity contribution in [2.75, 3.05) is 0 Å². The van der Waals surface area contributed by atoms with Crippen LogP contribution in [0.2, 0.25) is 0 Å². The molecule has 0 spiro atoms. The number of hydrazone groups is 1. The summed E-state index contributed by atoms with van der Waals surface area (Å²) in [6.45, 7) is 1.87. The fourth-order valence-electron chi connectivity index (χ4n) is 3.07. The molecule has 140 valence electrons. The number of nitrogens with zero attached hydrogens (tertiary/aromatic N) is 2. The Balaban J connectivity index is 1.96. The highest BCUT2D eigenvalue weighted by Crippen LogP contribution is 2.38. The van der Waals surface area contributed by atoms with Gasteiger partial charge in [0.15, 0.2) is 0 Å². The van der Waals surface area contributed by atoms with Gasteiger partial charge in [-0.15, -0.1) is 0 Å². The van der Waals surface area contributed by atoms with E-state index in [0.29, 0.717) is 23.3 Å². The number of amides is 1. The van der Waals surface area contributed by atoms with Gasteiger partial charge in [-0.2, -0.15) is 5.10 Å². The van der Waals surface area contributed by atoms with Crippen molar-refractivity contribution in [3.63, 3.8) is 0 Å². The molecule has 0 aliphatic carbocycles. The van der Waals surface area contributed by atoms with E-state index >= 15 is 0 Å². The lowest BCUT2D eigenvalue weighted by atomic mass is 9.96. The van der Waals surface area contributed by atoms with E-state index in [-0.39, 0.29) is 24.4 Å². The molecule has 6 nitrogen and oxygen atoms in total. The zero-order chi connectivity index (χ0) is 19.6. The second-order valence-electron chi connectivity index (χ2n) is 6.47. The molecule has 1 atom stereocenters. The van der Waals surface area contributed by atoms with Crippen LogP contribution in [0.3, 0.4) is 0 Å². The van der Waals surface area contributed by atoms with Gasteiger partial charge in [0.05, 0.1) is 18.2 Å².